The molecular formula is C12H10O4SZn. The molecule has 0 atom stereocenters. The van der Waals surface area contributed by atoms with Gasteiger partial charge in [0, 0.05) is 19.5 Å². The molecule has 2 rings (SSSR count). The van der Waals surface area contributed by atoms with Crippen molar-refractivity contribution in [3.8, 4) is 11.5 Å². The van der Waals surface area contributed by atoms with E-state index in [4.69, 9.17) is 0 Å². The third-order valence-electron chi connectivity index (χ3n) is 2.26. The fourth-order valence-electron chi connectivity index (χ4n) is 1.44. The van der Waals surface area contributed by atoms with E-state index in [0.717, 1.165) is 0 Å². The number of rotatable bonds is 2. The molecule has 2 aromatic rings. The molecule has 0 aromatic heterocycles. The summed E-state index contributed by atoms with van der Waals surface area (Å²) in [5.41, 5.74) is 0. The monoisotopic (exact) mass is 314 g/mol. The van der Waals surface area contributed by atoms with Crippen LogP contribution in [0.2, 0.25) is 0 Å². The molecule has 0 amide bonds. The molecule has 0 saturated carbocycles. The van der Waals surface area contributed by atoms with Crippen LogP contribution in [0.3, 0.4) is 0 Å². The molecule has 0 saturated heterocycles. The number of benzene rings is 2. The number of hydrogen-bond donors (Lipinski definition) is 2. The summed E-state index contributed by atoms with van der Waals surface area (Å²) in [6, 6.07) is 10.8. The van der Waals surface area contributed by atoms with Crippen LogP contribution in [0.15, 0.2) is 58.3 Å². The molecule has 0 radical (unpaired) electrons. The summed E-state index contributed by atoms with van der Waals surface area (Å²) in [7, 11) is -3.70. The largest absolute Gasteiger partial charge is 0.508 e. The topological polar surface area (TPSA) is 74.6 Å². The van der Waals surface area contributed by atoms with Crippen molar-refractivity contribution in [2.24, 2.45) is 0 Å². The Labute approximate surface area is 118 Å². The summed E-state index contributed by atoms with van der Waals surface area (Å²) >= 11 is 0. The Balaban J connectivity index is 0.00000162. The first kappa shape index (κ1) is 14.7. The predicted octanol–water partition coefficient (Wildman–Crippen LogP) is 1.93. The standard InChI is InChI=1S/C12H10O4S.Zn/c13-9-3-1-5-11(7-9)17(15,16)12-6-2-4-10(14)8-12;/h1-8,13-14H;. The molecule has 0 unspecified atom stereocenters. The van der Waals surface area contributed by atoms with Gasteiger partial charge in [-0.25, -0.2) is 8.42 Å². The van der Waals surface area contributed by atoms with Crippen molar-refractivity contribution in [3.63, 3.8) is 0 Å². The average Bonchev–Trinajstić information content (AvgIpc) is 2.29. The third kappa shape index (κ3) is 2.89. The predicted molar refractivity (Wildman–Crippen MR) is 61.7 cm³/mol. The van der Waals surface area contributed by atoms with E-state index in [0.29, 0.717) is 0 Å². The van der Waals surface area contributed by atoms with Gasteiger partial charge in [0.15, 0.2) is 0 Å². The van der Waals surface area contributed by atoms with Gasteiger partial charge in [-0.05, 0) is 36.4 Å². The first-order chi connectivity index (χ1) is 8.00. The molecule has 18 heavy (non-hydrogen) atoms. The van der Waals surface area contributed by atoms with Crippen LogP contribution >= 0.6 is 0 Å². The van der Waals surface area contributed by atoms with Crippen molar-refractivity contribution >= 4 is 9.84 Å². The maximum absolute atomic E-state index is 12.1. The van der Waals surface area contributed by atoms with E-state index in [1.807, 2.05) is 0 Å². The minimum absolute atomic E-state index is 0. The second-order valence-corrected chi connectivity index (χ2v) is 5.45. The molecule has 4 nitrogen and oxygen atoms in total. The van der Waals surface area contributed by atoms with E-state index in [1.165, 1.54) is 48.5 Å². The molecule has 0 spiro atoms. The fourth-order valence-corrected chi connectivity index (χ4v) is 2.78. The van der Waals surface area contributed by atoms with E-state index in [2.05, 4.69) is 0 Å². The van der Waals surface area contributed by atoms with Gasteiger partial charge in [0.1, 0.15) is 11.5 Å². The summed E-state index contributed by atoms with van der Waals surface area (Å²) in [6.07, 6.45) is 0. The zero-order chi connectivity index (χ0) is 12.5. The van der Waals surface area contributed by atoms with Crippen LogP contribution in [0, 0.1) is 0 Å². The minimum Gasteiger partial charge on any atom is -0.508 e. The van der Waals surface area contributed by atoms with Crippen LogP contribution in [0.25, 0.3) is 0 Å². The van der Waals surface area contributed by atoms with Crippen LogP contribution in [0.1, 0.15) is 0 Å². The smallest absolute Gasteiger partial charge is 0.206 e. The van der Waals surface area contributed by atoms with Gasteiger partial charge in [-0.2, -0.15) is 0 Å². The summed E-state index contributed by atoms with van der Waals surface area (Å²) in [5, 5.41) is 18.5. The first-order valence-corrected chi connectivity index (χ1v) is 6.31. The first-order valence-electron chi connectivity index (χ1n) is 4.83. The molecule has 2 N–H and O–H groups in total. The zero-order valence-electron chi connectivity index (χ0n) is 9.45. The molecule has 6 heteroatoms. The minimum atomic E-state index is -3.70. The number of aromatic hydroxyl groups is 2. The van der Waals surface area contributed by atoms with Gasteiger partial charge in [-0.15, -0.1) is 0 Å². The van der Waals surface area contributed by atoms with Crippen molar-refractivity contribution in [2.45, 2.75) is 9.79 Å². The van der Waals surface area contributed by atoms with Crippen molar-refractivity contribution in [3.05, 3.63) is 48.5 Å². The van der Waals surface area contributed by atoms with E-state index < -0.39 is 9.84 Å². The Morgan fingerprint density at radius 1 is 0.778 bits per heavy atom. The maximum atomic E-state index is 12.1. The Kier molecular flexibility index (Phi) is 4.49. The van der Waals surface area contributed by atoms with Crippen LogP contribution in [-0.4, -0.2) is 18.6 Å². The number of hydrogen-bond acceptors (Lipinski definition) is 4. The third-order valence-corrected chi connectivity index (χ3v) is 4.00. The van der Waals surface area contributed by atoms with E-state index in [1.54, 1.807) is 0 Å². The Bertz CT molecular complexity index is 601. The fraction of sp³-hybridized carbons (Fsp3) is 0. The van der Waals surface area contributed by atoms with Crippen molar-refractivity contribution in [1.82, 2.24) is 0 Å². The molecule has 0 heterocycles. The summed E-state index contributed by atoms with van der Waals surface area (Å²) in [4.78, 5) is -0.0220. The van der Waals surface area contributed by atoms with E-state index in [-0.39, 0.29) is 40.8 Å². The van der Waals surface area contributed by atoms with Crippen LogP contribution in [0.4, 0.5) is 0 Å². The molecular weight excluding hydrogens is 306 g/mol. The Morgan fingerprint density at radius 2 is 1.17 bits per heavy atom. The summed E-state index contributed by atoms with van der Waals surface area (Å²) < 4.78 is 24.2. The number of phenols is 2. The number of phenolic OH excluding ortho intramolecular Hbond substituents is 2. The van der Waals surface area contributed by atoms with Crippen LogP contribution < -0.4 is 0 Å². The second kappa shape index (κ2) is 5.50. The van der Waals surface area contributed by atoms with Gasteiger partial charge >= 0.3 is 0 Å². The Hall–Kier alpha value is -1.39. The SMILES string of the molecule is O=S(=O)(c1cccc(O)c1)c1cccc(O)c1.[Zn]. The molecule has 2 aromatic carbocycles. The van der Waals surface area contributed by atoms with Crippen molar-refractivity contribution in [1.29, 1.82) is 0 Å². The van der Waals surface area contributed by atoms with Crippen molar-refractivity contribution < 1.29 is 38.1 Å². The maximum Gasteiger partial charge on any atom is 0.206 e. The van der Waals surface area contributed by atoms with Crippen LogP contribution in [0.5, 0.6) is 11.5 Å². The quantitative estimate of drug-likeness (QED) is 0.830. The van der Waals surface area contributed by atoms with Gasteiger partial charge in [-0.1, -0.05) is 12.1 Å². The summed E-state index contributed by atoms with van der Waals surface area (Å²) in [6.45, 7) is 0. The van der Waals surface area contributed by atoms with E-state index in [9.17, 15) is 18.6 Å². The summed E-state index contributed by atoms with van der Waals surface area (Å²) in [5.74, 6) is -0.238. The second-order valence-electron chi connectivity index (χ2n) is 3.50. The average molecular weight is 316 g/mol. The molecule has 0 aliphatic rings. The van der Waals surface area contributed by atoms with Gasteiger partial charge in [-0.3, -0.25) is 0 Å². The normalized spacial score (nSPS) is 10.7. The van der Waals surface area contributed by atoms with Gasteiger partial charge < -0.3 is 10.2 Å². The van der Waals surface area contributed by atoms with Gasteiger partial charge in [0.25, 0.3) is 0 Å². The molecule has 0 aliphatic heterocycles. The van der Waals surface area contributed by atoms with Gasteiger partial charge in [0.2, 0.25) is 9.84 Å². The van der Waals surface area contributed by atoms with E-state index >= 15 is 0 Å². The van der Waals surface area contributed by atoms with Gasteiger partial charge in [0.05, 0.1) is 9.79 Å². The molecule has 90 valence electrons. The molecule has 0 fully saturated rings. The Morgan fingerprint density at radius 3 is 1.50 bits per heavy atom. The zero-order valence-corrected chi connectivity index (χ0v) is 13.2. The van der Waals surface area contributed by atoms with Crippen molar-refractivity contribution in [2.75, 3.05) is 0 Å². The van der Waals surface area contributed by atoms with Crippen LogP contribution in [-0.2, 0) is 29.3 Å². The molecule has 0 bridgehead atoms. The molecule has 0 aliphatic carbocycles. The number of sulfone groups is 1.